The molecule has 0 amide bonds. The quantitative estimate of drug-likeness (QED) is 0.521. The van der Waals surface area contributed by atoms with E-state index in [2.05, 4.69) is 41.2 Å². The van der Waals surface area contributed by atoms with Crippen LogP contribution >= 0.6 is 15.9 Å². The first-order valence-electron chi connectivity index (χ1n) is 6.29. The van der Waals surface area contributed by atoms with E-state index in [1.165, 1.54) is 0 Å². The van der Waals surface area contributed by atoms with Crippen LogP contribution < -0.4 is 0 Å². The number of rotatable bonds is 1. The van der Waals surface area contributed by atoms with Gasteiger partial charge in [0.2, 0.25) is 5.82 Å². The van der Waals surface area contributed by atoms with E-state index in [0.717, 1.165) is 32.5 Å². The van der Waals surface area contributed by atoms with E-state index in [1.54, 1.807) is 26.4 Å². The summed E-state index contributed by atoms with van der Waals surface area (Å²) in [5.41, 5.74) is 3.24. The third-order valence-electron chi connectivity index (χ3n) is 3.54. The molecule has 106 valence electrons. The molecule has 0 N–H and O–H groups in total. The number of fused-ring (bicyclic) bond motifs is 3. The van der Waals surface area contributed by atoms with Gasteiger partial charge in [-0.15, -0.1) is 5.10 Å². The second-order valence-corrected chi connectivity index (χ2v) is 5.62. The zero-order valence-electron chi connectivity index (χ0n) is 11.6. The summed E-state index contributed by atoms with van der Waals surface area (Å²) in [6.07, 6.45) is 3.38. The largest absolute Gasteiger partial charge is 0.271 e. The summed E-state index contributed by atoms with van der Waals surface area (Å²) < 4.78 is 6.06. The maximum atomic E-state index is 4.59. The molecule has 0 spiro atoms. The molecule has 0 saturated heterocycles. The predicted molar refractivity (Wildman–Crippen MR) is 79.7 cm³/mol. The van der Waals surface area contributed by atoms with Gasteiger partial charge in [0.15, 0.2) is 11.3 Å². The lowest BCUT2D eigenvalue weighted by atomic mass is 10.3. The van der Waals surface area contributed by atoms with Gasteiger partial charge in [0.25, 0.3) is 0 Å². The van der Waals surface area contributed by atoms with Crippen LogP contribution in [0.3, 0.4) is 0 Å². The Kier molecular flexibility index (Phi) is 2.43. The van der Waals surface area contributed by atoms with Gasteiger partial charge in [-0.05, 0) is 22.9 Å². The van der Waals surface area contributed by atoms with Crippen LogP contribution in [0.25, 0.3) is 28.2 Å². The summed E-state index contributed by atoms with van der Waals surface area (Å²) in [4.78, 5) is 8.94. The first-order valence-corrected chi connectivity index (χ1v) is 7.08. The fraction of sp³-hybridized carbons (Fsp3) is 0.250. The SMILES string of the molecule is Cc1c(Br)c(-c2nc3c4cnn(C)c4ncn3n2)nn1C. The molecule has 0 fully saturated rings. The number of aryl methyl sites for hydroxylation is 2. The lowest BCUT2D eigenvalue weighted by Crippen LogP contribution is -1.95. The van der Waals surface area contributed by atoms with Crippen LogP contribution in [0.4, 0.5) is 0 Å². The van der Waals surface area contributed by atoms with Gasteiger partial charge < -0.3 is 0 Å². The van der Waals surface area contributed by atoms with Crippen molar-refractivity contribution in [3.63, 3.8) is 0 Å². The average Bonchev–Trinajstić information content (AvgIpc) is 3.12. The Morgan fingerprint density at radius 2 is 1.90 bits per heavy atom. The van der Waals surface area contributed by atoms with Gasteiger partial charge in [0.1, 0.15) is 12.0 Å². The Bertz CT molecular complexity index is 992. The van der Waals surface area contributed by atoms with Crippen molar-refractivity contribution in [2.24, 2.45) is 14.1 Å². The maximum absolute atomic E-state index is 4.59. The van der Waals surface area contributed by atoms with Crippen LogP contribution in [-0.2, 0) is 14.1 Å². The average molecular weight is 347 g/mol. The second kappa shape index (κ2) is 4.10. The Labute approximate surface area is 127 Å². The zero-order chi connectivity index (χ0) is 14.7. The minimum Gasteiger partial charge on any atom is -0.271 e. The minimum absolute atomic E-state index is 0.559. The Hall–Kier alpha value is -2.29. The van der Waals surface area contributed by atoms with Gasteiger partial charge in [0.05, 0.1) is 16.1 Å². The zero-order valence-corrected chi connectivity index (χ0v) is 13.2. The summed E-state index contributed by atoms with van der Waals surface area (Å²) in [6.45, 7) is 1.98. The summed E-state index contributed by atoms with van der Waals surface area (Å²) >= 11 is 3.54. The number of halogens is 1. The van der Waals surface area contributed by atoms with Gasteiger partial charge in [-0.3, -0.25) is 9.36 Å². The summed E-state index contributed by atoms with van der Waals surface area (Å²) in [6, 6.07) is 0. The molecule has 0 radical (unpaired) electrons. The van der Waals surface area contributed by atoms with E-state index < -0.39 is 0 Å². The van der Waals surface area contributed by atoms with Crippen LogP contribution in [-0.4, -0.2) is 39.1 Å². The first kappa shape index (κ1) is 12.5. The highest BCUT2D eigenvalue weighted by molar-refractivity contribution is 9.10. The van der Waals surface area contributed by atoms with E-state index in [1.807, 2.05) is 21.0 Å². The molecule has 0 saturated carbocycles. The molecule has 0 unspecified atom stereocenters. The van der Waals surface area contributed by atoms with E-state index in [-0.39, 0.29) is 0 Å². The molecule has 8 nitrogen and oxygen atoms in total. The predicted octanol–water partition coefficient (Wildman–Crippen LogP) is 1.48. The van der Waals surface area contributed by atoms with Crippen molar-refractivity contribution in [3.8, 4) is 11.5 Å². The number of hydrogen-bond donors (Lipinski definition) is 0. The van der Waals surface area contributed by atoms with Crippen molar-refractivity contribution in [1.82, 2.24) is 39.1 Å². The molecule has 4 heterocycles. The van der Waals surface area contributed by atoms with E-state index in [4.69, 9.17) is 0 Å². The van der Waals surface area contributed by atoms with Crippen molar-refractivity contribution < 1.29 is 0 Å². The highest BCUT2D eigenvalue weighted by Gasteiger charge is 2.18. The molecule has 0 aliphatic carbocycles. The number of nitrogens with zero attached hydrogens (tertiary/aromatic N) is 8. The van der Waals surface area contributed by atoms with Crippen LogP contribution in [0.1, 0.15) is 5.69 Å². The molecule has 0 atom stereocenters. The third kappa shape index (κ3) is 1.63. The number of aromatic nitrogens is 8. The smallest absolute Gasteiger partial charge is 0.203 e. The minimum atomic E-state index is 0.559. The van der Waals surface area contributed by atoms with E-state index in [9.17, 15) is 0 Å². The van der Waals surface area contributed by atoms with Crippen LogP contribution in [0, 0.1) is 6.92 Å². The molecule has 0 aliphatic rings. The van der Waals surface area contributed by atoms with E-state index in [0.29, 0.717) is 5.82 Å². The van der Waals surface area contributed by atoms with Crippen molar-refractivity contribution in [3.05, 3.63) is 22.7 Å². The summed E-state index contributed by atoms with van der Waals surface area (Å²) in [5, 5.41) is 14.0. The monoisotopic (exact) mass is 346 g/mol. The van der Waals surface area contributed by atoms with Gasteiger partial charge in [0, 0.05) is 19.8 Å². The van der Waals surface area contributed by atoms with Crippen molar-refractivity contribution in [2.45, 2.75) is 6.92 Å². The lowest BCUT2D eigenvalue weighted by Gasteiger charge is -1.93. The van der Waals surface area contributed by atoms with Crippen LogP contribution in [0.15, 0.2) is 17.0 Å². The van der Waals surface area contributed by atoms with Gasteiger partial charge in [-0.2, -0.15) is 10.2 Å². The molecular formula is C12H11BrN8. The molecule has 4 aromatic rings. The standard InChI is InChI=1S/C12H11BrN8/c1-6-8(13)9(17-19(6)2)10-16-12-7-4-15-20(3)11(7)14-5-21(12)18-10/h4-5H,1-3H3. The molecule has 0 aromatic carbocycles. The third-order valence-corrected chi connectivity index (χ3v) is 4.49. The van der Waals surface area contributed by atoms with Crippen LogP contribution in [0.2, 0.25) is 0 Å². The first-order chi connectivity index (χ1) is 10.1. The number of hydrogen-bond acceptors (Lipinski definition) is 5. The summed E-state index contributed by atoms with van der Waals surface area (Å²) in [5.74, 6) is 0.559. The molecule has 0 bridgehead atoms. The lowest BCUT2D eigenvalue weighted by molar-refractivity contribution is 0.740. The van der Waals surface area contributed by atoms with Crippen molar-refractivity contribution >= 4 is 32.6 Å². The van der Waals surface area contributed by atoms with Gasteiger partial charge >= 0.3 is 0 Å². The van der Waals surface area contributed by atoms with E-state index >= 15 is 0 Å². The van der Waals surface area contributed by atoms with Crippen LogP contribution in [0.5, 0.6) is 0 Å². The molecule has 21 heavy (non-hydrogen) atoms. The topological polar surface area (TPSA) is 78.7 Å². The molecule has 0 aliphatic heterocycles. The molecule has 4 rings (SSSR count). The Morgan fingerprint density at radius 3 is 2.62 bits per heavy atom. The van der Waals surface area contributed by atoms with Gasteiger partial charge in [-0.25, -0.2) is 14.5 Å². The molecule has 9 heteroatoms. The summed E-state index contributed by atoms with van der Waals surface area (Å²) in [7, 11) is 3.74. The second-order valence-electron chi connectivity index (χ2n) is 4.83. The van der Waals surface area contributed by atoms with Crippen molar-refractivity contribution in [2.75, 3.05) is 0 Å². The fourth-order valence-corrected chi connectivity index (χ4v) is 2.78. The van der Waals surface area contributed by atoms with Crippen molar-refractivity contribution in [1.29, 1.82) is 0 Å². The highest BCUT2D eigenvalue weighted by Crippen LogP contribution is 2.28. The van der Waals surface area contributed by atoms with Gasteiger partial charge in [-0.1, -0.05) is 0 Å². The highest BCUT2D eigenvalue weighted by atomic mass is 79.9. The normalized spacial score (nSPS) is 11.8. The molecule has 4 aromatic heterocycles. The fourth-order valence-electron chi connectivity index (χ4n) is 2.26. The Morgan fingerprint density at radius 1 is 1.10 bits per heavy atom. The Balaban J connectivity index is 2.02. The molecular weight excluding hydrogens is 336 g/mol. The maximum Gasteiger partial charge on any atom is 0.203 e.